The molecule has 0 heterocycles. The summed E-state index contributed by atoms with van der Waals surface area (Å²) < 4.78 is 17.5. The van der Waals surface area contributed by atoms with E-state index in [1.54, 1.807) is 25.3 Å². The molecule has 0 radical (unpaired) electrons. The number of hydrazone groups is 1. The lowest BCUT2D eigenvalue weighted by Crippen LogP contribution is -2.18. The number of amides is 1. The van der Waals surface area contributed by atoms with Gasteiger partial charge in [0.05, 0.1) is 30.5 Å². The largest absolute Gasteiger partial charge is 0.496 e. The number of hydrogen-bond donors (Lipinski definition) is 1. The lowest BCUT2D eigenvalue weighted by Gasteiger charge is -2.13. The van der Waals surface area contributed by atoms with Crippen molar-refractivity contribution in [3.8, 4) is 17.2 Å². The number of rotatable bonds is 8. The molecule has 0 spiro atoms. The van der Waals surface area contributed by atoms with Crippen molar-refractivity contribution in [2.45, 2.75) is 20.5 Å². The Morgan fingerprint density at radius 2 is 1.66 bits per heavy atom. The van der Waals surface area contributed by atoms with E-state index in [1.165, 1.54) is 18.9 Å². The summed E-state index contributed by atoms with van der Waals surface area (Å²) in [5, 5.41) is 4.07. The summed E-state index contributed by atoms with van der Waals surface area (Å²) >= 11 is 3.54. The van der Waals surface area contributed by atoms with Gasteiger partial charge in [-0.1, -0.05) is 35.9 Å². The van der Waals surface area contributed by atoms with Crippen molar-refractivity contribution >= 4 is 28.1 Å². The van der Waals surface area contributed by atoms with E-state index in [1.807, 2.05) is 50.2 Å². The van der Waals surface area contributed by atoms with Crippen LogP contribution in [0.2, 0.25) is 0 Å². The van der Waals surface area contributed by atoms with E-state index in [-0.39, 0.29) is 5.91 Å². The Bertz CT molecular complexity index is 1130. The quantitative estimate of drug-likeness (QED) is 0.333. The summed E-state index contributed by atoms with van der Waals surface area (Å²) in [6.07, 6.45) is 1.54. The molecule has 3 rings (SSSR count). The first-order chi connectivity index (χ1) is 15.4. The third-order valence-electron chi connectivity index (χ3n) is 4.74. The first-order valence-corrected chi connectivity index (χ1v) is 10.7. The Morgan fingerprint density at radius 1 is 0.969 bits per heavy atom. The second-order valence-corrected chi connectivity index (χ2v) is 8.07. The number of aryl methyl sites for hydroxylation is 2. The highest BCUT2D eigenvalue weighted by Crippen LogP contribution is 2.36. The van der Waals surface area contributed by atoms with Crippen LogP contribution in [0.25, 0.3) is 0 Å². The molecule has 166 valence electrons. The molecule has 0 bridgehead atoms. The fourth-order valence-corrected chi connectivity index (χ4v) is 3.58. The maximum atomic E-state index is 12.5. The Morgan fingerprint density at radius 3 is 2.34 bits per heavy atom. The molecule has 0 unspecified atom stereocenters. The topological polar surface area (TPSA) is 69.2 Å². The molecule has 0 aromatic heterocycles. The summed E-state index contributed by atoms with van der Waals surface area (Å²) in [6.45, 7) is 4.39. The molecule has 7 heteroatoms. The fraction of sp³-hybridized carbons (Fsp3) is 0.200. The molecule has 3 aromatic carbocycles. The van der Waals surface area contributed by atoms with E-state index in [4.69, 9.17) is 14.2 Å². The van der Waals surface area contributed by atoms with Crippen LogP contribution in [0.5, 0.6) is 17.2 Å². The molecule has 1 amide bonds. The minimum Gasteiger partial charge on any atom is -0.496 e. The van der Waals surface area contributed by atoms with Crippen LogP contribution in [0, 0.1) is 13.8 Å². The van der Waals surface area contributed by atoms with Crippen molar-refractivity contribution in [2.24, 2.45) is 5.10 Å². The van der Waals surface area contributed by atoms with E-state index in [0.717, 1.165) is 21.2 Å². The molecular formula is C25H25BrN2O4. The third kappa shape index (κ3) is 5.88. The van der Waals surface area contributed by atoms with Gasteiger partial charge in [0.15, 0.2) is 11.5 Å². The number of methoxy groups -OCH3 is 2. The summed E-state index contributed by atoms with van der Waals surface area (Å²) in [4.78, 5) is 12.5. The van der Waals surface area contributed by atoms with Gasteiger partial charge in [-0.3, -0.25) is 4.79 Å². The standard InChI is InChI=1S/C25H25BrN2O4/c1-16-5-8-18(9-6-16)15-32-24-21(26)12-19(13-23(24)31-4)14-27-28-25(29)20-10-7-17(2)11-22(20)30-3/h5-14H,15H2,1-4H3,(H,28,29). The van der Waals surface area contributed by atoms with Gasteiger partial charge >= 0.3 is 0 Å². The van der Waals surface area contributed by atoms with Crippen LogP contribution < -0.4 is 19.6 Å². The minimum absolute atomic E-state index is 0.359. The monoisotopic (exact) mass is 496 g/mol. The van der Waals surface area contributed by atoms with Gasteiger partial charge in [0.2, 0.25) is 0 Å². The Kier molecular flexibility index (Phi) is 7.89. The molecule has 6 nitrogen and oxygen atoms in total. The number of carbonyl (C=O) groups is 1. The highest BCUT2D eigenvalue weighted by Gasteiger charge is 2.13. The molecule has 0 aliphatic heterocycles. The van der Waals surface area contributed by atoms with Crippen LogP contribution >= 0.6 is 15.9 Å². The van der Waals surface area contributed by atoms with Gasteiger partial charge in [-0.2, -0.15) is 5.10 Å². The van der Waals surface area contributed by atoms with Crippen LogP contribution in [0.1, 0.15) is 32.6 Å². The predicted octanol–water partition coefficient (Wildman–Crippen LogP) is 5.43. The van der Waals surface area contributed by atoms with Crippen LogP contribution in [0.3, 0.4) is 0 Å². The summed E-state index contributed by atoms with van der Waals surface area (Å²) in [6, 6.07) is 17.1. The summed E-state index contributed by atoms with van der Waals surface area (Å²) in [7, 11) is 3.11. The zero-order chi connectivity index (χ0) is 23.1. The highest BCUT2D eigenvalue weighted by molar-refractivity contribution is 9.10. The van der Waals surface area contributed by atoms with E-state index >= 15 is 0 Å². The molecule has 0 atom stereocenters. The van der Waals surface area contributed by atoms with E-state index in [9.17, 15) is 4.79 Å². The molecule has 1 N–H and O–H groups in total. The maximum absolute atomic E-state index is 12.5. The van der Waals surface area contributed by atoms with Crippen molar-refractivity contribution in [2.75, 3.05) is 14.2 Å². The average Bonchev–Trinajstić information content (AvgIpc) is 2.78. The summed E-state index contributed by atoms with van der Waals surface area (Å²) in [5.74, 6) is 1.29. The molecular weight excluding hydrogens is 472 g/mol. The zero-order valence-electron chi connectivity index (χ0n) is 18.4. The zero-order valence-corrected chi connectivity index (χ0v) is 20.0. The van der Waals surface area contributed by atoms with Gasteiger partial charge in [-0.05, 0) is 70.7 Å². The molecule has 0 aliphatic rings. The number of nitrogens with zero attached hydrogens (tertiary/aromatic N) is 1. The van der Waals surface area contributed by atoms with Gasteiger partial charge in [0.1, 0.15) is 12.4 Å². The van der Waals surface area contributed by atoms with E-state index in [2.05, 4.69) is 26.5 Å². The van der Waals surface area contributed by atoms with Crippen LogP contribution in [0.4, 0.5) is 0 Å². The highest BCUT2D eigenvalue weighted by atomic mass is 79.9. The van der Waals surface area contributed by atoms with Gasteiger partial charge < -0.3 is 14.2 Å². The number of ether oxygens (including phenoxy) is 3. The second kappa shape index (κ2) is 10.8. The number of hydrogen-bond acceptors (Lipinski definition) is 5. The number of halogens is 1. The first-order valence-electron chi connectivity index (χ1n) is 9.95. The third-order valence-corrected chi connectivity index (χ3v) is 5.33. The predicted molar refractivity (Wildman–Crippen MR) is 129 cm³/mol. The maximum Gasteiger partial charge on any atom is 0.275 e. The second-order valence-electron chi connectivity index (χ2n) is 7.21. The Hall–Kier alpha value is -3.32. The summed E-state index contributed by atoms with van der Waals surface area (Å²) in [5.41, 5.74) is 6.93. The average molecular weight is 497 g/mol. The molecule has 0 fully saturated rings. The molecule has 0 aliphatic carbocycles. The van der Waals surface area contributed by atoms with Crippen LogP contribution in [-0.2, 0) is 6.61 Å². The smallest absolute Gasteiger partial charge is 0.275 e. The number of carbonyl (C=O) groups excluding carboxylic acids is 1. The molecule has 32 heavy (non-hydrogen) atoms. The van der Waals surface area contributed by atoms with Gasteiger partial charge in [0.25, 0.3) is 5.91 Å². The number of nitrogens with one attached hydrogen (secondary N) is 1. The van der Waals surface area contributed by atoms with Crippen molar-refractivity contribution < 1.29 is 19.0 Å². The lowest BCUT2D eigenvalue weighted by molar-refractivity contribution is 0.0952. The fourth-order valence-electron chi connectivity index (χ4n) is 3.01. The van der Waals surface area contributed by atoms with E-state index in [0.29, 0.717) is 29.4 Å². The normalized spacial score (nSPS) is 10.8. The molecule has 0 saturated heterocycles. The SMILES string of the molecule is COc1cc(C)ccc1C(=O)NN=Cc1cc(Br)c(OCc2ccc(C)cc2)c(OC)c1. The van der Waals surface area contributed by atoms with Crippen molar-refractivity contribution in [1.29, 1.82) is 0 Å². The van der Waals surface area contributed by atoms with Gasteiger partial charge in [-0.15, -0.1) is 0 Å². The van der Waals surface area contributed by atoms with Crippen molar-refractivity contribution in [3.05, 3.63) is 86.9 Å². The number of benzene rings is 3. The molecule has 0 saturated carbocycles. The van der Waals surface area contributed by atoms with Crippen LogP contribution in [0.15, 0.2) is 64.2 Å². The lowest BCUT2D eigenvalue weighted by atomic mass is 10.1. The minimum atomic E-state index is -0.359. The van der Waals surface area contributed by atoms with Gasteiger partial charge in [-0.25, -0.2) is 5.43 Å². The van der Waals surface area contributed by atoms with E-state index < -0.39 is 0 Å². The first kappa shape index (κ1) is 23.3. The van der Waals surface area contributed by atoms with Crippen molar-refractivity contribution in [1.82, 2.24) is 5.43 Å². The Labute approximate surface area is 196 Å². The van der Waals surface area contributed by atoms with Crippen LogP contribution in [-0.4, -0.2) is 26.3 Å². The van der Waals surface area contributed by atoms with Crippen molar-refractivity contribution in [3.63, 3.8) is 0 Å². The van der Waals surface area contributed by atoms with Gasteiger partial charge in [0, 0.05) is 0 Å². The molecule has 3 aromatic rings. The Balaban J connectivity index is 1.70.